The molecular weight excluding hydrogens is 220 g/mol. The van der Waals surface area contributed by atoms with E-state index in [1.54, 1.807) is 0 Å². The number of aldehydes is 1. The van der Waals surface area contributed by atoms with Gasteiger partial charge >= 0.3 is 0 Å². The van der Waals surface area contributed by atoms with Crippen molar-refractivity contribution in [3.05, 3.63) is 15.9 Å². The molecule has 0 atom stereocenters. The van der Waals surface area contributed by atoms with Crippen molar-refractivity contribution in [2.45, 2.75) is 26.8 Å². The minimum Gasteiger partial charge on any atom is -0.303 e. The number of aryl methyl sites for hydroxylation is 2. The van der Waals surface area contributed by atoms with E-state index < -0.39 is 0 Å². The Hall–Kier alpha value is -0.640. The Morgan fingerprint density at radius 2 is 2.33 bits per heavy atom. The van der Waals surface area contributed by atoms with Crippen LogP contribution in [0.4, 0.5) is 0 Å². The predicted molar refractivity (Wildman–Crippen MR) is 50.1 cm³/mol. The molecule has 1 aromatic heterocycles. The Labute approximate surface area is 79.9 Å². The van der Waals surface area contributed by atoms with Crippen molar-refractivity contribution in [2.24, 2.45) is 0 Å². The lowest BCUT2D eigenvalue weighted by Gasteiger charge is -1.99. The molecule has 1 rings (SSSR count). The maximum Gasteiger partial charge on any atom is 0.125 e. The topological polar surface area (TPSA) is 34.9 Å². The number of carbonyl (C=O) groups excluding carboxylic acids is 1. The van der Waals surface area contributed by atoms with Crippen molar-refractivity contribution >= 4 is 22.2 Å². The van der Waals surface area contributed by atoms with Crippen LogP contribution >= 0.6 is 15.9 Å². The van der Waals surface area contributed by atoms with Gasteiger partial charge in [-0.15, -0.1) is 0 Å². The van der Waals surface area contributed by atoms with Crippen LogP contribution < -0.4 is 0 Å². The lowest BCUT2D eigenvalue weighted by atomic mass is 10.3. The highest BCUT2D eigenvalue weighted by atomic mass is 79.9. The van der Waals surface area contributed by atoms with Crippen LogP contribution in [0.25, 0.3) is 0 Å². The minimum atomic E-state index is 0.426. The highest BCUT2D eigenvalue weighted by Gasteiger charge is 2.10. The first kappa shape index (κ1) is 9.45. The second-order valence-electron chi connectivity index (χ2n) is 2.53. The zero-order valence-corrected chi connectivity index (χ0v) is 8.76. The normalized spacial score (nSPS) is 10.2. The third-order valence-electron chi connectivity index (χ3n) is 1.73. The van der Waals surface area contributed by atoms with E-state index in [1.165, 1.54) is 0 Å². The summed E-state index contributed by atoms with van der Waals surface area (Å²) in [6.45, 7) is 4.73. The molecule has 0 aromatic carbocycles. The zero-order valence-electron chi connectivity index (χ0n) is 7.17. The van der Waals surface area contributed by atoms with Crippen LogP contribution in [-0.4, -0.2) is 16.1 Å². The van der Waals surface area contributed by atoms with Gasteiger partial charge in [0, 0.05) is 13.0 Å². The molecule has 0 bridgehead atoms. The molecule has 0 unspecified atom stereocenters. The maximum atomic E-state index is 10.3. The van der Waals surface area contributed by atoms with Crippen LogP contribution in [0.5, 0.6) is 0 Å². The van der Waals surface area contributed by atoms with E-state index in [-0.39, 0.29) is 0 Å². The number of nitrogens with zero attached hydrogens (tertiary/aromatic N) is 2. The Kier molecular flexibility index (Phi) is 3.03. The SMILES string of the molecule is CCn1nc(C)c(Br)c1CC=O. The summed E-state index contributed by atoms with van der Waals surface area (Å²) in [5, 5.41) is 4.26. The van der Waals surface area contributed by atoms with Crippen molar-refractivity contribution in [2.75, 3.05) is 0 Å². The van der Waals surface area contributed by atoms with E-state index in [1.807, 2.05) is 18.5 Å². The molecule has 0 aliphatic carbocycles. The lowest BCUT2D eigenvalue weighted by molar-refractivity contribution is -0.107. The van der Waals surface area contributed by atoms with E-state index in [9.17, 15) is 4.79 Å². The predicted octanol–water partition coefficient (Wildman–Crippen LogP) is 1.72. The molecule has 0 saturated carbocycles. The molecule has 0 radical (unpaired) electrons. The summed E-state index contributed by atoms with van der Waals surface area (Å²) in [6, 6.07) is 0. The second kappa shape index (κ2) is 3.85. The summed E-state index contributed by atoms with van der Waals surface area (Å²) in [6.07, 6.45) is 1.32. The Balaban J connectivity index is 3.11. The Morgan fingerprint density at radius 1 is 1.67 bits per heavy atom. The van der Waals surface area contributed by atoms with Crippen molar-refractivity contribution in [3.8, 4) is 0 Å². The van der Waals surface area contributed by atoms with Gasteiger partial charge < -0.3 is 4.79 Å². The molecule has 3 nitrogen and oxygen atoms in total. The smallest absolute Gasteiger partial charge is 0.125 e. The second-order valence-corrected chi connectivity index (χ2v) is 3.33. The summed E-state index contributed by atoms with van der Waals surface area (Å²) in [4.78, 5) is 10.3. The first-order valence-electron chi connectivity index (χ1n) is 3.86. The molecule has 1 heterocycles. The molecule has 0 fully saturated rings. The highest BCUT2D eigenvalue weighted by Crippen LogP contribution is 2.20. The summed E-state index contributed by atoms with van der Waals surface area (Å²) in [5.74, 6) is 0. The summed E-state index contributed by atoms with van der Waals surface area (Å²) in [7, 11) is 0. The van der Waals surface area contributed by atoms with Crippen molar-refractivity contribution < 1.29 is 4.79 Å². The summed E-state index contributed by atoms with van der Waals surface area (Å²) < 4.78 is 2.80. The van der Waals surface area contributed by atoms with Gasteiger partial charge in [0.2, 0.25) is 0 Å². The quantitative estimate of drug-likeness (QED) is 0.742. The molecule has 12 heavy (non-hydrogen) atoms. The summed E-state index contributed by atoms with van der Waals surface area (Å²) in [5.41, 5.74) is 1.90. The fourth-order valence-corrected chi connectivity index (χ4v) is 1.59. The van der Waals surface area contributed by atoms with Gasteiger partial charge in [0.1, 0.15) is 6.29 Å². The van der Waals surface area contributed by atoms with Gasteiger partial charge in [-0.3, -0.25) is 4.68 Å². The molecule has 0 amide bonds. The average molecular weight is 231 g/mol. The van der Waals surface area contributed by atoms with E-state index in [0.29, 0.717) is 6.42 Å². The molecule has 66 valence electrons. The third-order valence-corrected chi connectivity index (χ3v) is 2.76. The van der Waals surface area contributed by atoms with Crippen molar-refractivity contribution in [1.29, 1.82) is 0 Å². The van der Waals surface area contributed by atoms with Gasteiger partial charge in [-0.25, -0.2) is 0 Å². The molecule has 0 aliphatic rings. The number of halogens is 1. The number of hydrogen-bond donors (Lipinski definition) is 0. The van der Waals surface area contributed by atoms with Crippen LogP contribution in [0.15, 0.2) is 4.47 Å². The fraction of sp³-hybridized carbons (Fsp3) is 0.500. The van der Waals surface area contributed by atoms with E-state index in [4.69, 9.17) is 0 Å². The highest BCUT2D eigenvalue weighted by molar-refractivity contribution is 9.10. The van der Waals surface area contributed by atoms with Crippen molar-refractivity contribution in [3.63, 3.8) is 0 Å². The third kappa shape index (κ3) is 1.58. The van der Waals surface area contributed by atoms with Crippen LogP contribution in [0.1, 0.15) is 18.3 Å². The van der Waals surface area contributed by atoms with Gasteiger partial charge in [-0.2, -0.15) is 5.10 Å². The number of rotatable bonds is 3. The molecule has 0 saturated heterocycles. The molecular formula is C8H11BrN2O. The lowest BCUT2D eigenvalue weighted by Crippen LogP contribution is -2.03. The van der Waals surface area contributed by atoms with E-state index in [0.717, 1.165) is 28.7 Å². The van der Waals surface area contributed by atoms with Gasteiger partial charge in [-0.1, -0.05) is 0 Å². The van der Waals surface area contributed by atoms with Gasteiger partial charge in [0.15, 0.2) is 0 Å². The van der Waals surface area contributed by atoms with Crippen molar-refractivity contribution in [1.82, 2.24) is 9.78 Å². The number of aromatic nitrogens is 2. The van der Waals surface area contributed by atoms with Gasteiger partial charge in [0.25, 0.3) is 0 Å². The fourth-order valence-electron chi connectivity index (χ4n) is 1.14. The molecule has 4 heteroatoms. The Bertz CT molecular complexity index is 293. The molecule has 1 aromatic rings. The van der Waals surface area contributed by atoms with E-state index >= 15 is 0 Å². The number of hydrogen-bond acceptors (Lipinski definition) is 2. The van der Waals surface area contributed by atoms with Crippen LogP contribution in [0.3, 0.4) is 0 Å². The molecule has 0 N–H and O–H groups in total. The Morgan fingerprint density at radius 3 is 2.83 bits per heavy atom. The molecule has 0 spiro atoms. The first-order valence-corrected chi connectivity index (χ1v) is 4.65. The van der Waals surface area contributed by atoms with Gasteiger partial charge in [0.05, 0.1) is 15.9 Å². The largest absolute Gasteiger partial charge is 0.303 e. The zero-order chi connectivity index (χ0) is 9.14. The average Bonchev–Trinajstić information content (AvgIpc) is 2.33. The standard InChI is InChI=1S/C8H11BrN2O/c1-3-11-7(4-5-12)8(9)6(2)10-11/h5H,3-4H2,1-2H3. The maximum absolute atomic E-state index is 10.3. The first-order chi connectivity index (χ1) is 5.70. The van der Waals surface area contributed by atoms with Crippen LogP contribution in [0, 0.1) is 6.92 Å². The van der Waals surface area contributed by atoms with Crippen LogP contribution in [-0.2, 0) is 17.8 Å². The monoisotopic (exact) mass is 230 g/mol. The van der Waals surface area contributed by atoms with E-state index in [2.05, 4.69) is 21.0 Å². The molecule has 0 aliphatic heterocycles. The van der Waals surface area contributed by atoms with Crippen LogP contribution in [0.2, 0.25) is 0 Å². The van der Waals surface area contributed by atoms with Gasteiger partial charge in [-0.05, 0) is 29.8 Å². The number of carbonyl (C=O) groups is 1. The minimum absolute atomic E-state index is 0.426. The summed E-state index contributed by atoms with van der Waals surface area (Å²) >= 11 is 3.40.